The van der Waals surface area contributed by atoms with Crippen LogP contribution < -0.4 is 5.73 Å². The number of benzene rings is 3. The number of aromatic carboxylic acids is 1. The van der Waals surface area contributed by atoms with Crippen LogP contribution in [0.2, 0.25) is 10.0 Å². The van der Waals surface area contributed by atoms with Crippen molar-refractivity contribution >= 4 is 40.1 Å². The van der Waals surface area contributed by atoms with Gasteiger partial charge in [0.25, 0.3) is 0 Å². The van der Waals surface area contributed by atoms with Gasteiger partial charge in [-0.05, 0) is 42.8 Å². The molecule has 0 aliphatic carbocycles. The van der Waals surface area contributed by atoms with Gasteiger partial charge in [0.15, 0.2) is 0 Å². The van der Waals surface area contributed by atoms with Crippen molar-refractivity contribution in [2.24, 2.45) is 5.73 Å². The molecular weight excluding hydrogens is 419 g/mol. The van der Waals surface area contributed by atoms with Gasteiger partial charge in [-0.3, -0.25) is 0 Å². The molecule has 1 heterocycles. The first-order valence-corrected chi connectivity index (χ1v) is 9.98. The van der Waals surface area contributed by atoms with Gasteiger partial charge in [-0.2, -0.15) is 0 Å². The average molecular weight is 439 g/mol. The zero-order valence-electron chi connectivity index (χ0n) is 16.3. The molecule has 0 unspecified atom stereocenters. The molecule has 0 aliphatic heterocycles. The molecule has 3 N–H and O–H groups in total. The van der Waals surface area contributed by atoms with Crippen LogP contribution >= 0.6 is 23.2 Å². The lowest BCUT2D eigenvalue weighted by atomic mass is 10.0. The second-order valence-corrected chi connectivity index (χ2v) is 7.53. The van der Waals surface area contributed by atoms with Crippen molar-refractivity contribution in [2.45, 2.75) is 13.5 Å². The van der Waals surface area contributed by atoms with Gasteiger partial charge in [-0.25, -0.2) is 9.78 Å². The molecular formula is C24H20Cl2N2O2. The Morgan fingerprint density at radius 3 is 2.33 bits per heavy atom. The third-order valence-corrected chi connectivity index (χ3v) is 5.06. The minimum Gasteiger partial charge on any atom is -0.478 e. The van der Waals surface area contributed by atoms with E-state index in [2.05, 4.69) is 36.2 Å². The van der Waals surface area contributed by atoms with Crippen LogP contribution in [0.25, 0.3) is 22.2 Å². The molecule has 0 amide bonds. The normalized spacial score (nSPS) is 10.4. The molecule has 0 saturated heterocycles. The first-order chi connectivity index (χ1) is 14.4. The monoisotopic (exact) mass is 438 g/mol. The molecule has 4 aromatic rings. The third kappa shape index (κ3) is 5.16. The summed E-state index contributed by atoms with van der Waals surface area (Å²) < 4.78 is 0. The molecule has 1 aromatic heterocycles. The van der Waals surface area contributed by atoms with Crippen molar-refractivity contribution in [1.82, 2.24) is 4.98 Å². The van der Waals surface area contributed by atoms with Crippen LogP contribution in [0, 0.1) is 6.92 Å². The molecule has 0 radical (unpaired) electrons. The van der Waals surface area contributed by atoms with Crippen LogP contribution in [0.1, 0.15) is 21.5 Å². The number of rotatable bonds is 3. The predicted molar refractivity (Wildman–Crippen MR) is 123 cm³/mol. The Morgan fingerprint density at radius 2 is 1.70 bits per heavy atom. The van der Waals surface area contributed by atoms with Crippen molar-refractivity contribution in [2.75, 3.05) is 0 Å². The summed E-state index contributed by atoms with van der Waals surface area (Å²) in [6, 6.07) is 21.9. The zero-order valence-corrected chi connectivity index (χ0v) is 17.8. The van der Waals surface area contributed by atoms with Gasteiger partial charge >= 0.3 is 5.97 Å². The summed E-state index contributed by atoms with van der Waals surface area (Å²) in [6.07, 6.45) is 0. The van der Waals surface area contributed by atoms with Crippen LogP contribution in [-0.4, -0.2) is 16.1 Å². The highest BCUT2D eigenvalue weighted by atomic mass is 35.5. The maximum Gasteiger partial charge on any atom is 0.336 e. The van der Waals surface area contributed by atoms with Gasteiger partial charge < -0.3 is 10.8 Å². The number of aromatic nitrogens is 1. The highest BCUT2D eigenvalue weighted by molar-refractivity contribution is 6.36. The topological polar surface area (TPSA) is 76.2 Å². The largest absolute Gasteiger partial charge is 0.478 e. The Kier molecular flexibility index (Phi) is 7.06. The van der Waals surface area contributed by atoms with E-state index in [1.54, 1.807) is 36.4 Å². The average Bonchev–Trinajstić information content (AvgIpc) is 2.74. The number of hydrogen-bond donors (Lipinski definition) is 2. The number of fused-ring (bicyclic) bond motifs is 1. The standard InChI is InChI=1S/C16H9Cl2NO2.C8H11N/c17-9-5-6-11(13(18)7-9)15-8-12(16(20)21)10-3-1-2-4-14(10)19-15;1-7-2-4-8(6-9)5-3-7/h1-8H,(H,20,21);2-5H,6,9H2,1H3. The van der Waals surface area contributed by atoms with E-state index in [0.29, 0.717) is 38.8 Å². The fraction of sp³-hybridized carbons (Fsp3) is 0.0833. The molecule has 6 heteroatoms. The second kappa shape index (κ2) is 9.72. The van der Waals surface area contributed by atoms with Crippen molar-refractivity contribution < 1.29 is 9.90 Å². The highest BCUT2D eigenvalue weighted by Gasteiger charge is 2.14. The Balaban J connectivity index is 0.000000239. The summed E-state index contributed by atoms with van der Waals surface area (Å²) in [4.78, 5) is 15.9. The van der Waals surface area contributed by atoms with Crippen LogP contribution in [-0.2, 0) is 6.54 Å². The summed E-state index contributed by atoms with van der Waals surface area (Å²) in [5, 5.41) is 10.9. The van der Waals surface area contributed by atoms with E-state index in [1.807, 2.05) is 6.07 Å². The van der Waals surface area contributed by atoms with Crippen LogP contribution in [0.4, 0.5) is 0 Å². The molecule has 3 aromatic carbocycles. The quantitative estimate of drug-likeness (QED) is 0.389. The van der Waals surface area contributed by atoms with Gasteiger partial charge in [0.05, 0.1) is 21.8 Å². The highest BCUT2D eigenvalue weighted by Crippen LogP contribution is 2.31. The lowest BCUT2D eigenvalue weighted by molar-refractivity contribution is 0.0699. The fourth-order valence-corrected chi connectivity index (χ4v) is 3.42. The van der Waals surface area contributed by atoms with Crippen LogP contribution in [0.3, 0.4) is 0 Å². The van der Waals surface area contributed by atoms with Gasteiger partial charge in [0, 0.05) is 22.5 Å². The van der Waals surface area contributed by atoms with Crippen molar-refractivity contribution in [3.8, 4) is 11.3 Å². The Labute approximate surface area is 184 Å². The Hall–Kier alpha value is -2.92. The number of carbonyl (C=O) groups is 1. The predicted octanol–water partition coefficient (Wildman–Crippen LogP) is 6.36. The van der Waals surface area contributed by atoms with E-state index in [4.69, 9.17) is 28.9 Å². The molecule has 0 spiro atoms. The summed E-state index contributed by atoms with van der Waals surface area (Å²) in [6.45, 7) is 2.71. The van der Waals surface area contributed by atoms with E-state index < -0.39 is 5.97 Å². The number of aryl methyl sites for hydroxylation is 1. The molecule has 0 fully saturated rings. The molecule has 4 rings (SSSR count). The van der Waals surface area contributed by atoms with Crippen LogP contribution in [0.5, 0.6) is 0 Å². The first-order valence-electron chi connectivity index (χ1n) is 9.23. The van der Waals surface area contributed by atoms with E-state index >= 15 is 0 Å². The SMILES string of the molecule is Cc1ccc(CN)cc1.O=C(O)c1cc(-c2ccc(Cl)cc2Cl)nc2ccccc12. The van der Waals surface area contributed by atoms with E-state index in [9.17, 15) is 9.90 Å². The molecule has 0 atom stereocenters. The summed E-state index contributed by atoms with van der Waals surface area (Å²) in [5.74, 6) is -1.00. The van der Waals surface area contributed by atoms with Gasteiger partial charge in [0.2, 0.25) is 0 Å². The Morgan fingerprint density at radius 1 is 1.00 bits per heavy atom. The summed E-state index contributed by atoms with van der Waals surface area (Å²) in [5.41, 5.74) is 9.84. The maximum absolute atomic E-state index is 11.5. The second-order valence-electron chi connectivity index (χ2n) is 6.69. The number of carboxylic acids is 1. The number of nitrogens with zero attached hydrogens (tertiary/aromatic N) is 1. The molecule has 0 aliphatic rings. The van der Waals surface area contributed by atoms with Crippen molar-refractivity contribution in [3.05, 3.63) is 99.5 Å². The number of carboxylic acid groups (broad SMARTS) is 1. The van der Waals surface area contributed by atoms with Crippen molar-refractivity contribution in [1.29, 1.82) is 0 Å². The van der Waals surface area contributed by atoms with E-state index in [1.165, 1.54) is 17.2 Å². The van der Waals surface area contributed by atoms with Crippen molar-refractivity contribution in [3.63, 3.8) is 0 Å². The molecule has 0 saturated carbocycles. The first kappa shape index (κ1) is 21.8. The maximum atomic E-state index is 11.5. The van der Waals surface area contributed by atoms with Gasteiger partial charge in [-0.15, -0.1) is 0 Å². The molecule has 4 nitrogen and oxygen atoms in total. The van der Waals surface area contributed by atoms with Crippen LogP contribution in [0.15, 0.2) is 72.8 Å². The van der Waals surface area contributed by atoms with Gasteiger partial charge in [-0.1, -0.05) is 71.2 Å². The summed E-state index contributed by atoms with van der Waals surface area (Å²) >= 11 is 12.1. The minimum absolute atomic E-state index is 0.196. The summed E-state index contributed by atoms with van der Waals surface area (Å²) in [7, 11) is 0. The van der Waals surface area contributed by atoms with E-state index in [-0.39, 0.29) is 5.56 Å². The third-order valence-electron chi connectivity index (χ3n) is 4.51. The molecule has 30 heavy (non-hydrogen) atoms. The number of para-hydroxylation sites is 1. The fourth-order valence-electron chi connectivity index (χ4n) is 2.91. The van der Waals surface area contributed by atoms with Gasteiger partial charge in [0.1, 0.15) is 0 Å². The van der Waals surface area contributed by atoms with E-state index in [0.717, 1.165) is 0 Å². The Bertz CT molecular complexity index is 1190. The lowest BCUT2D eigenvalue weighted by Crippen LogP contribution is -2.00. The number of nitrogens with two attached hydrogens (primary N) is 1. The smallest absolute Gasteiger partial charge is 0.336 e. The number of hydrogen-bond acceptors (Lipinski definition) is 3. The lowest BCUT2D eigenvalue weighted by Gasteiger charge is -2.08. The molecule has 0 bridgehead atoms. The zero-order chi connectivity index (χ0) is 21.7. The minimum atomic E-state index is -1.00. The number of halogens is 2. The number of pyridine rings is 1. The molecule has 152 valence electrons.